The molecule has 0 bridgehead atoms. The van der Waals surface area contributed by atoms with E-state index in [9.17, 15) is 13.6 Å². The molecule has 7 rings (SSSR count). The van der Waals surface area contributed by atoms with Crippen molar-refractivity contribution in [2.24, 2.45) is 0 Å². The summed E-state index contributed by atoms with van der Waals surface area (Å²) in [4.78, 5) is 28.0. The number of nitrogens with one attached hydrogen (secondary N) is 2. The quantitative estimate of drug-likeness (QED) is 0.272. The summed E-state index contributed by atoms with van der Waals surface area (Å²) in [7, 11) is 1.41. The Bertz CT molecular complexity index is 1910. The van der Waals surface area contributed by atoms with Crippen molar-refractivity contribution in [1.29, 1.82) is 0 Å². The minimum Gasteiger partial charge on any atom is -0.461 e. The number of aromatic nitrogens is 3. The highest BCUT2D eigenvalue weighted by atomic mass is 19.1. The number of fused-ring (bicyclic) bond motifs is 3. The van der Waals surface area contributed by atoms with E-state index in [0.29, 0.717) is 42.6 Å². The fourth-order valence-electron chi connectivity index (χ4n) is 7.13. The highest BCUT2D eigenvalue weighted by Gasteiger charge is 2.49. The molecule has 2 aromatic heterocycles. The van der Waals surface area contributed by atoms with Crippen LogP contribution in [-0.2, 0) is 0 Å². The van der Waals surface area contributed by atoms with E-state index in [1.165, 1.54) is 37.5 Å². The van der Waals surface area contributed by atoms with Crippen molar-refractivity contribution in [3.8, 4) is 35.4 Å². The first-order valence-electron chi connectivity index (χ1n) is 15.8. The number of benzene rings is 2. The van der Waals surface area contributed by atoms with E-state index in [4.69, 9.17) is 20.9 Å². The molecule has 244 valence electrons. The number of nitrogens with zero attached hydrogens (tertiary/aromatic N) is 5. The van der Waals surface area contributed by atoms with Gasteiger partial charge in [-0.15, -0.1) is 6.42 Å². The van der Waals surface area contributed by atoms with Crippen LogP contribution < -0.4 is 25.2 Å². The summed E-state index contributed by atoms with van der Waals surface area (Å²) < 4.78 is 58.0. The molecule has 3 saturated heterocycles. The molecule has 2 N–H and O–H groups in total. The average molecular weight is 646 g/mol. The highest BCUT2D eigenvalue weighted by molar-refractivity contribution is 6.03. The van der Waals surface area contributed by atoms with E-state index in [1.807, 2.05) is 5.01 Å². The molecule has 3 aliphatic rings. The molecule has 2 aromatic carbocycles. The van der Waals surface area contributed by atoms with E-state index in [0.717, 1.165) is 38.6 Å². The van der Waals surface area contributed by atoms with E-state index >= 15 is 4.39 Å². The zero-order valence-electron chi connectivity index (χ0n) is 25.9. The third kappa shape index (κ3) is 5.65. The number of carbonyl (C=O) groups excluding carboxylic acids is 1. The van der Waals surface area contributed by atoms with Crippen LogP contribution in [0.5, 0.6) is 11.8 Å². The predicted molar refractivity (Wildman–Crippen MR) is 171 cm³/mol. The minimum absolute atomic E-state index is 0.0463. The SMILES string of the molecule is C#Cc1c(F)ccc2cc(OC(=O)NC)cc(-c3ncc4c(N5CCCCCN5)nc(OC[C@@]56CCCN5C[C@H](F)C6)nc4c3F)c12. The molecule has 5 heterocycles. The van der Waals surface area contributed by atoms with Crippen LogP contribution in [0.1, 0.15) is 44.1 Å². The Morgan fingerprint density at radius 2 is 2.06 bits per heavy atom. The Morgan fingerprint density at radius 1 is 1.19 bits per heavy atom. The topological polar surface area (TPSA) is 105 Å². The number of hydrogen-bond donors (Lipinski definition) is 2. The number of carbonyl (C=O) groups is 1. The molecule has 3 fully saturated rings. The van der Waals surface area contributed by atoms with Crippen LogP contribution >= 0.6 is 0 Å². The van der Waals surface area contributed by atoms with Crippen molar-refractivity contribution in [3.63, 3.8) is 0 Å². The Kier molecular flexibility index (Phi) is 8.23. The van der Waals surface area contributed by atoms with Crippen LogP contribution in [0, 0.1) is 24.0 Å². The monoisotopic (exact) mass is 645 g/mol. The number of pyridine rings is 1. The lowest BCUT2D eigenvalue weighted by molar-refractivity contribution is 0.107. The second-order valence-corrected chi connectivity index (χ2v) is 12.3. The number of rotatable bonds is 6. The summed E-state index contributed by atoms with van der Waals surface area (Å²) in [5.74, 6) is 1.36. The van der Waals surface area contributed by atoms with Crippen molar-refractivity contribution in [2.45, 2.75) is 50.2 Å². The van der Waals surface area contributed by atoms with E-state index in [2.05, 4.69) is 31.5 Å². The lowest BCUT2D eigenvalue weighted by Crippen LogP contribution is -2.43. The molecule has 2 atom stereocenters. The maximum Gasteiger partial charge on any atom is 0.412 e. The van der Waals surface area contributed by atoms with E-state index in [1.54, 1.807) is 0 Å². The van der Waals surface area contributed by atoms with Crippen molar-refractivity contribution < 1.29 is 27.4 Å². The zero-order chi connectivity index (χ0) is 32.7. The highest BCUT2D eigenvalue weighted by Crippen LogP contribution is 2.42. The maximum absolute atomic E-state index is 16.9. The molecule has 0 spiro atoms. The normalized spacial score (nSPS) is 21.4. The summed E-state index contributed by atoms with van der Waals surface area (Å²) >= 11 is 0. The van der Waals surface area contributed by atoms with Crippen molar-refractivity contribution in [1.82, 2.24) is 30.6 Å². The zero-order valence-corrected chi connectivity index (χ0v) is 25.9. The smallest absolute Gasteiger partial charge is 0.412 e. The van der Waals surface area contributed by atoms with Crippen molar-refractivity contribution in [3.05, 3.63) is 47.7 Å². The number of anilines is 1. The van der Waals surface area contributed by atoms with Gasteiger partial charge in [0.25, 0.3) is 0 Å². The van der Waals surface area contributed by atoms with Crippen LogP contribution in [0.3, 0.4) is 0 Å². The Balaban J connectivity index is 1.39. The molecule has 4 aromatic rings. The number of amides is 1. The maximum atomic E-state index is 16.9. The van der Waals surface area contributed by atoms with Crippen LogP contribution in [0.15, 0.2) is 30.5 Å². The number of hydrazine groups is 1. The first kappa shape index (κ1) is 31.0. The summed E-state index contributed by atoms with van der Waals surface area (Å²) in [5.41, 5.74) is 2.68. The number of alkyl halides is 1. The third-order valence-corrected chi connectivity index (χ3v) is 9.35. The van der Waals surface area contributed by atoms with Crippen LogP contribution in [0.2, 0.25) is 0 Å². The van der Waals surface area contributed by atoms with Crippen molar-refractivity contribution >= 4 is 33.6 Å². The molecular weight excluding hydrogens is 611 g/mol. The first-order valence-corrected chi connectivity index (χ1v) is 15.8. The molecule has 0 aliphatic carbocycles. The number of ether oxygens (including phenoxy) is 2. The fourth-order valence-corrected chi connectivity index (χ4v) is 7.13. The molecule has 1 amide bonds. The van der Waals surface area contributed by atoms with Crippen LogP contribution in [0.4, 0.5) is 23.8 Å². The lowest BCUT2D eigenvalue weighted by Gasteiger charge is -2.31. The molecule has 0 radical (unpaired) electrons. The molecule has 47 heavy (non-hydrogen) atoms. The lowest BCUT2D eigenvalue weighted by atomic mass is 9.95. The number of halogens is 3. The second-order valence-electron chi connectivity index (χ2n) is 12.3. The molecule has 13 heteroatoms. The van der Waals surface area contributed by atoms with Gasteiger partial charge in [0, 0.05) is 50.2 Å². The largest absolute Gasteiger partial charge is 0.461 e. The number of terminal acetylenes is 1. The van der Waals surface area contributed by atoms with Gasteiger partial charge in [-0.05, 0) is 55.8 Å². The molecule has 3 aliphatic heterocycles. The van der Waals surface area contributed by atoms with Gasteiger partial charge in [-0.2, -0.15) is 9.97 Å². The standard InChI is InChI=1S/C34H34F3N7O3/c1-3-23-26(36)9-8-20-14-22(47-33(45)38-2)15-24(27(20)23)29-28(37)30-25(17-39-29)31(44-13-6-4-5-11-40-44)42-32(41-30)46-19-34-10-7-12-43(34)18-21(35)16-34/h1,8-9,14-15,17,21,40H,4-7,10-13,16,18-19H2,2H3,(H,38,45)/t21-,34+/m1/s1. The Labute approximate surface area is 269 Å². The molecule has 0 unspecified atom stereocenters. The van der Waals surface area contributed by atoms with Gasteiger partial charge in [0.15, 0.2) is 11.6 Å². The van der Waals surface area contributed by atoms with Gasteiger partial charge in [-0.25, -0.2) is 23.4 Å². The third-order valence-electron chi connectivity index (χ3n) is 9.35. The van der Waals surface area contributed by atoms with Gasteiger partial charge in [-0.3, -0.25) is 14.9 Å². The van der Waals surface area contributed by atoms with Gasteiger partial charge >= 0.3 is 12.1 Å². The Morgan fingerprint density at radius 3 is 2.89 bits per heavy atom. The molecular formula is C34H34F3N7O3. The van der Waals surface area contributed by atoms with Gasteiger partial charge in [-0.1, -0.05) is 18.4 Å². The minimum atomic E-state index is -0.935. The predicted octanol–water partition coefficient (Wildman–Crippen LogP) is 5.27. The number of hydrogen-bond acceptors (Lipinski definition) is 9. The Hall–Kier alpha value is -4.67. The van der Waals surface area contributed by atoms with Gasteiger partial charge in [0.2, 0.25) is 0 Å². The summed E-state index contributed by atoms with van der Waals surface area (Å²) in [6, 6.07) is 5.54. The second kappa shape index (κ2) is 12.5. The van der Waals surface area contributed by atoms with Crippen molar-refractivity contribution in [2.75, 3.05) is 44.8 Å². The summed E-state index contributed by atoms with van der Waals surface area (Å²) in [6.45, 7) is 2.65. The molecule has 0 saturated carbocycles. The van der Waals surface area contributed by atoms with Gasteiger partial charge in [0.1, 0.15) is 35.6 Å². The van der Waals surface area contributed by atoms with Crippen LogP contribution in [-0.4, -0.2) is 77.5 Å². The first-order chi connectivity index (χ1) is 22.8. The average Bonchev–Trinajstić information content (AvgIpc) is 3.45. The van der Waals surface area contributed by atoms with Gasteiger partial charge in [0.05, 0.1) is 16.5 Å². The molecule has 10 nitrogen and oxygen atoms in total. The van der Waals surface area contributed by atoms with Crippen LogP contribution in [0.25, 0.3) is 32.9 Å². The van der Waals surface area contributed by atoms with E-state index in [-0.39, 0.29) is 46.1 Å². The fraction of sp³-hybridized carbons (Fsp3) is 0.412. The van der Waals surface area contributed by atoms with Gasteiger partial charge < -0.3 is 14.8 Å². The summed E-state index contributed by atoms with van der Waals surface area (Å²) in [6.07, 6.45) is 10.5. The summed E-state index contributed by atoms with van der Waals surface area (Å²) in [5, 5.41) is 5.22. The van der Waals surface area contributed by atoms with E-state index < -0.39 is 29.4 Å².